The molecule has 0 saturated heterocycles. The van der Waals surface area contributed by atoms with Crippen LogP contribution in [-0.4, -0.2) is 6.54 Å². The van der Waals surface area contributed by atoms with Gasteiger partial charge in [-0.3, -0.25) is 0 Å². The van der Waals surface area contributed by atoms with E-state index in [1.165, 1.54) is 6.07 Å². The molecule has 0 aliphatic carbocycles. The van der Waals surface area contributed by atoms with E-state index in [2.05, 4.69) is 21.2 Å². The summed E-state index contributed by atoms with van der Waals surface area (Å²) >= 11 is 9.60. The molecule has 2 aromatic carbocycles. The Morgan fingerprint density at radius 3 is 2.57 bits per heavy atom. The third-order valence-corrected chi connectivity index (χ3v) is 3.96. The highest BCUT2D eigenvalue weighted by molar-refractivity contribution is 9.10. The minimum Gasteiger partial charge on any atom is -0.306 e. The first kappa shape index (κ1) is 16.4. The van der Waals surface area contributed by atoms with E-state index in [9.17, 15) is 8.78 Å². The summed E-state index contributed by atoms with van der Waals surface area (Å²) in [5.41, 5.74) is 0.977. The average Bonchev–Trinajstić information content (AvgIpc) is 2.44. The van der Waals surface area contributed by atoms with E-state index in [-0.39, 0.29) is 5.56 Å². The summed E-state index contributed by atoms with van der Waals surface area (Å²) in [5.74, 6) is -0.924. The molecule has 0 aromatic heterocycles. The van der Waals surface area contributed by atoms with Crippen molar-refractivity contribution in [1.82, 2.24) is 5.32 Å². The number of rotatable bonds is 5. The van der Waals surface area contributed by atoms with Crippen molar-refractivity contribution in [2.24, 2.45) is 0 Å². The van der Waals surface area contributed by atoms with Gasteiger partial charge in [-0.25, -0.2) is 8.78 Å². The lowest BCUT2D eigenvalue weighted by Crippen LogP contribution is -2.24. The topological polar surface area (TPSA) is 12.0 Å². The molecule has 1 atom stereocenters. The van der Waals surface area contributed by atoms with Crippen molar-refractivity contribution < 1.29 is 8.78 Å². The van der Waals surface area contributed by atoms with Gasteiger partial charge in [-0.05, 0) is 48.9 Å². The predicted molar refractivity (Wildman–Crippen MR) is 85.6 cm³/mol. The fourth-order valence-corrected chi connectivity index (χ4v) is 2.93. The van der Waals surface area contributed by atoms with Gasteiger partial charge >= 0.3 is 0 Å². The molecule has 0 heterocycles. The Balaban J connectivity index is 2.49. The maximum atomic E-state index is 14.1. The van der Waals surface area contributed by atoms with Gasteiger partial charge in [0.05, 0.1) is 6.04 Å². The predicted octanol–water partition coefficient (Wildman–Crippen LogP) is 5.47. The lowest BCUT2D eigenvalue weighted by Gasteiger charge is -2.21. The maximum absolute atomic E-state index is 14.1. The van der Waals surface area contributed by atoms with Crippen LogP contribution in [0.4, 0.5) is 8.78 Å². The van der Waals surface area contributed by atoms with Gasteiger partial charge in [-0.1, -0.05) is 40.5 Å². The SMILES string of the molecule is CCCNC(c1cc(F)ccc1F)c1ccc(Br)cc1Cl. The van der Waals surface area contributed by atoms with E-state index < -0.39 is 17.7 Å². The summed E-state index contributed by atoms with van der Waals surface area (Å²) in [7, 11) is 0. The third-order valence-electron chi connectivity index (χ3n) is 3.14. The van der Waals surface area contributed by atoms with Crippen molar-refractivity contribution in [3.8, 4) is 0 Å². The van der Waals surface area contributed by atoms with Gasteiger partial charge in [0.15, 0.2) is 0 Å². The van der Waals surface area contributed by atoms with Crippen LogP contribution in [0, 0.1) is 11.6 Å². The highest BCUT2D eigenvalue weighted by Gasteiger charge is 2.20. The first-order valence-corrected chi connectivity index (χ1v) is 7.83. The second kappa shape index (κ2) is 7.34. The van der Waals surface area contributed by atoms with E-state index in [0.29, 0.717) is 11.6 Å². The standard InChI is InChI=1S/C16H15BrClF2N/c1-2-7-21-16(12-5-3-10(17)8-14(12)18)13-9-11(19)4-6-15(13)20/h3-6,8-9,16,21H,2,7H2,1H3. The normalized spacial score (nSPS) is 12.4. The van der Waals surface area contributed by atoms with E-state index >= 15 is 0 Å². The van der Waals surface area contributed by atoms with E-state index in [4.69, 9.17) is 11.6 Å². The molecule has 1 N–H and O–H groups in total. The average molecular weight is 375 g/mol. The van der Waals surface area contributed by atoms with Gasteiger partial charge in [0, 0.05) is 15.1 Å². The molecule has 0 bridgehead atoms. The molecule has 0 amide bonds. The van der Waals surface area contributed by atoms with E-state index in [1.807, 2.05) is 19.1 Å². The number of halogens is 4. The van der Waals surface area contributed by atoms with Gasteiger partial charge in [-0.15, -0.1) is 0 Å². The molecule has 2 rings (SSSR count). The molecule has 0 spiro atoms. The first-order valence-electron chi connectivity index (χ1n) is 6.66. The Morgan fingerprint density at radius 2 is 1.90 bits per heavy atom. The fourth-order valence-electron chi connectivity index (χ4n) is 2.15. The van der Waals surface area contributed by atoms with Crippen LogP contribution in [0.15, 0.2) is 40.9 Å². The second-order valence-corrected chi connectivity index (χ2v) is 6.04. The van der Waals surface area contributed by atoms with Crippen LogP contribution >= 0.6 is 27.5 Å². The van der Waals surface area contributed by atoms with Gasteiger partial charge in [0.1, 0.15) is 11.6 Å². The molecule has 0 aliphatic rings. The minimum absolute atomic E-state index is 0.257. The second-order valence-electron chi connectivity index (χ2n) is 4.72. The number of hydrogen-bond donors (Lipinski definition) is 1. The molecule has 0 fully saturated rings. The molecular formula is C16H15BrClF2N. The Morgan fingerprint density at radius 1 is 1.14 bits per heavy atom. The van der Waals surface area contributed by atoms with Crippen molar-refractivity contribution in [3.63, 3.8) is 0 Å². The Labute approximate surface area is 136 Å². The van der Waals surface area contributed by atoms with Crippen LogP contribution in [0.2, 0.25) is 5.02 Å². The summed E-state index contributed by atoms with van der Waals surface area (Å²) in [6.45, 7) is 2.68. The quantitative estimate of drug-likeness (QED) is 0.732. The van der Waals surface area contributed by atoms with Crippen molar-refractivity contribution in [3.05, 3.63) is 68.7 Å². The lowest BCUT2D eigenvalue weighted by atomic mass is 9.97. The summed E-state index contributed by atoms with van der Waals surface area (Å²) in [6, 6.07) is 8.36. The highest BCUT2D eigenvalue weighted by Crippen LogP contribution is 2.32. The first-order chi connectivity index (χ1) is 10.0. The minimum atomic E-state index is -0.485. The molecule has 1 unspecified atom stereocenters. The Kier molecular flexibility index (Phi) is 5.73. The monoisotopic (exact) mass is 373 g/mol. The van der Waals surface area contributed by atoms with Crippen molar-refractivity contribution in [2.45, 2.75) is 19.4 Å². The van der Waals surface area contributed by atoms with Crippen LogP contribution in [-0.2, 0) is 0 Å². The molecule has 2 aromatic rings. The number of hydrogen-bond acceptors (Lipinski definition) is 1. The summed E-state index contributed by atoms with van der Waals surface area (Å²) in [5, 5.41) is 3.73. The van der Waals surface area contributed by atoms with Crippen molar-refractivity contribution in [1.29, 1.82) is 0 Å². The Hall–Kier alpha value is -0.970. The number of nitrogens with one attached hydrogen (secondary N) is 1. The molecule has 112 valence electrons. The highest BCUT2D eigenvalue weighted by atomic mass is 79.9. The van der Waals surface area contributed by atoms with Crippen LogP contribution in [0.25, 0.3) is 0 Å². The molecule has 5 heteroatoms. The van der Waals surface area contributed by atoms with Gasteiger partial charge < -0.3 is 5.32 Å². The van der Waals surface area contributed by atoms with Crippen LogP contribution in [0.3, 0.4) is 0 Å². The molecule has 1 nitrogen and oxygen atoms in total. The Bertz CT molecular complexity index is 634. The third kappa shape index (κ3) is 4.02. The maximum Gasteiger partial charge on any atom is 0.128 e. The largest absolute Gasteiger partial charge is 0.306 e. The van der Waals surface area contributed by atoms with Crippen molar-refractivity contribution >= 4 is 27.5 Å². The van der Waals surface area contributed by atoms with E-state index in [1.54, 1.807) is 6.07 Å². The summed E-state index contributed by atoms with van der Waals surface area (Å²) in [4.78, 5) is 0. The smallest absolute Gasteiger partial charge is 0.128 e. The molecule has 0 aliphatic heterocycles. The summed E-state index contributed by atoms with van der Waals surface area (Å²) < 4.78 is 28.4. The fraction of sp³-hybridized carbons (Fsp3) is 0.250. The number of benzene rings is 2. The zero-order valence-electron chi connectivity index (χ0n) is 11.5. The zero-order chi connectivity index (χ0) is 15.4. The van der Waals surface area contributed by atoms with Gasteiger partial charge in [0.25, 0.3) is 0 Å². The lowest BCUT2D eigenvalue weighted by molar-refractivity contribution is 0.535. The summed E-state index contributed by atoms with van der Waals surface area (Å²) in [6.07, 6.45) is 0.877. The van der Waals surface area contributed by atoms with Crippen molar-refractivity contribution in [2.75, 3.05) is 6.54 Å². The van der Waals surface area contributed by atoms with Gasteiger partial charge in [-0.2, -0.15) is 0 Å². The molecule has 0 saturated carbocycles. The van der Waals surface area contributed by atoms with Crippen LogP contribution < -0.4 is 5.32 Å². The van der Waals surface area contributed by atoms with Gasteiger partial charge in [0.2, 0.25) is 0 Å². The molecule has 0 radical (unpaired) electrons. The zero-order valence-corrected chi connectivity index (χ0v) is 13.8. The van der Waals surface area contributed by atoms with E-state index in [0.717, 1.165) is 28.6 Å². The molecular weight excluding hydrogens is 360 g/mol. The van der Waals surface area contributed by atoms with Crippen LogP contribution in [0.1, 0.15) is 30.5 Å². The van der Waals surface area contributed by atoms with Crippen LogP contribution in [0.5, 0.6) is 0 Å². The molecule has 21 heavy (non-hydrogen) atoms.